The van der Waals surface area contributed by atoms with E-state index in [1.165, 1.54) is 15.1 Å². The molecule has 28 heavy (non-hydrogen) atoms. The third kappa shape index (κ3) is 3.07. The van der Waals surface area contributed by atoms with E-state index in [1.807, 2.05) is 61.5 Å². The van der Waals surface area contributed by atoms with E-state index in [0.29, 0.717) is 11.4 Å². The van der Waals surface area contributed by atoms with Gasteiger partial charge < -0.3 is 4.74 Å². The number of aryl methyl sites for hydroxylation is 1. The van der Waals surface area contributed by atoms with Crippen LogP contribution >= 0.6 is 0 Å². The summed E-state index contributed by atoms with van der Waals surface area (Å²) in [5.41, 5.74) is 2.69. The smallest absolute Gasteiger partial charge is 0.376 e. The first-order valence-electron chi connectivity index (χ1n) is 8.91. The molecule has 0 aliphatic rings. The highest BCUT2D eigenvalue weighted by Gasteiger charge is 2.22. The minimum atomic E-state index is -0.672. The van der Waals surface area contributed by atoms with Gasteiger partial charge in [-0.3, -0.25) is 4.79 Å². The Morgan fingerprint density at radius 1 is 1.07 bits per heavy atom. The molecule has 0 fully saturated rings. The van der Waals surface area contributed by atoms with Gasteiger partial charge in [-0.1, -0.05) is 48.0 Å². The normalized spacial score (nSPS) is 10.9. The van der Waals surface area contributed by atoms with Crippen molar-refractivity contribution in [2.24, 2.45) is 0 Å². The summed E-state index contributed by atoms with van der Waals surface area (Å²) in [7, 11) is 0. The van der Waals surface area contributed by atoms with E-state index < -0.39 is 11.5 Å². The van der Waals surface area contributed by atoms with Crippen molar-refractivity contribution in [3.8, 4) is 16.9 Å². The molecule has 0 saturated heterocycles. The molecule has 0 radical (unpaired) electrons. The van der Waals surface area contributed by atoms with Crippen LogP contribution in [0.5, 0.6) is 0 Å². The molecule has 0 aliphatic carbocycles. The Morgan fingerprint density at radius 3 is 2.46 bits per heavy atom. The lowest BCUT2D eigenvalue weighted by molar-refractivity contribution is 0.0509. The van der Waals surface area contributed by atoms with Gasteiger partial charge in [0, 0.05) is 11.6 Å². The van der Waals surface area contributed by atoms with Gasteiger partial charge >= 0.3 is 5.97 Å². The minimum absolute atomic E-state index is 0.102. The van der Waals surface area contributed by atoms with Crippen molar-refractivity contribution >= 4 is 11.7 Å². The van der Waals surface area contributed by atoms with Crippen LogP contribution in [0.25, 0.3) is 22.7 Å². The van der Waals surface area contributed by atoms with Crippen LogP contribution in [0.4, 0.5) is 0 Å². The second kappa shape index (κ2) is 7.11. The fourth-order valence-corrected chi connectivity index (χ4v) is 2.94. The molecule has 0 spiro atoms. The summed E-state index contributed by atoms with van der Waals surface area (Å²) in [4.78, 5) is 29.9. The zero-order valence-corrected chi connectivity index (χ0v) is 15.5. The summed E-state index contributed by atoms with van der Waals surface area (Å²) < 4.78 is 7.74. The summed E-state index contributed by atoms with van der Waals surface area (Å²) in [6, 6.07) is 18.4. The van der Waals surface area contributed by atoms with Crippen LogP contribution in [-0.2, 0) is 4.74 Å². The molecule has 0 atom stereocenters. The molecule has 2 aromatic carbocycles. The van der Waals surface area contributed by atoms with Crippen LogP contribution in [-0.4, -0.2) is 31.7 Å². The number of ether oxygens (including phenoxy) is 1. The lowest BCUT2D eigenvalue weighted by Crippen LogP contribution is -2.20. The van der Waals surface area contributed by atoms with Crippen LogP contribution in [0.1, 0.15) is 23.1 Å². The van der Waals surface area contributed by atoms with Crippen LogP contribution in [0, 0.1) is 6.92 Å². The predicted octanol–water partition coefficient (Wildman–Crippen LogP) is 3.03. The van der Waals surface area contributed by atoms with Crippen molar-refractivity contribution in [1.82, 2.24) is 19.2 Å². The third-order valence-corrected chi connectivity index (χ3v) is 4.30. The molecule has 0 saturated carbocycles. The maximum atomic E-state index is 12.9. The van der Waals surface area contributed by atoms with Crippen molar-refractivity contribution < 1.29 is 9.53 Å². The fraction of sp³-hybridized carbons (Fsp3) is 0.143. The lowest BCUT2D eigenvalue weighted by Gasteiger charge is -2.05. The van der Waals surface area contributed by atoms with Crippen molar-refractivity contribution in [3.05, 3.63) is 82.4 Å². The van der Waals surface area contributed by atoms with Crippen LogP contribution in [0.2, 0.25) is 0 Å². The highest BCUT2D eigenvalue weighted by atomic mass is 16.5. The zero-order valence-electron chi connectivity index (χ0n) is 15.5. The van der Waals surface area contributed by atoms with E-state index in [1.54, 1.807) is 6.92 Å². The number of carbonyl (C=O) groups is 1. The molecule has 7 nitrogen and oxygen atoms in total. The third-order valence-electron chi connectivity index (χ3n) is 4.30. The fourth-order valence-electron chi connectivity index (χ4n) is 2.94. The molecule has 4 rings (SSSR count). The number of rotatable bonds is 4. The number of fused-ring (bicyclic) bond motifs is 1. The van der Waals surface area contributed by atoms with E-state index in [2.05, 4.69) is 10.1 Å². The number of hydrogen-bond donors (Lipinski definition) is 0. The van der Waals surface area contributed by atoms with Gasteiger partial charge in [0.25, 0.3) is 5.56 Å². The number of nitrogens with zero attached hydrogens (tertiary/aromatic N) is 4. The van der Waals surface area contributed by atoms with Crippen LogP contribution < -0.4 is 5.56 Å². The van der Waals surface area contributed by atoms with E-state index >= 15 is 0 Å². The topological polar surface area (TPSA) is 78.5 Å². The first-order chi connectivity index (χ1) is 13.6. The van der Waals surface area contributed by atoms with Gasteiger partial charge in [-0.2, -0.15) is 4.68 Å². The largest absolute Gasteiger partial charge is 0.460 e. The molecule has 140 valence electrons. The van der Waals surface area contributed by atoms with Crippen molar-refractivity contribution in [2.75, 3.05) is 6.61 Å². The maximum absolute atomic E-state index is 12.9. The Morgan fingerprint density at radius 2 is 1.79 bits per heavy atom. The van der Waals surface area contributed by atoms with Crippen molar-refractivity contribution in [2.45, 2.75) is 13.8 Å². The maximum Gasteiger partial charge on any atom is 0.376 e. The van der Waals surface area contributed by atoms with Crippen molar-refractivity contribution in [3.63, 3.8) is 0 Å². The summed E-state index contributed by atoms with van der Waals surface area (Å²) in [6.45, 7) is 3.86. The number of carbonyl (C=O) groups excluding carboxylic acids is 1. The Hall–Kier alpha value is -3.74. The van der Waals surface area contributed by atoms with E-state index in [9.17, 15) is 9.59 Å². The first kappa shape index (κ1) is 17.7. The summed E-state index contributed by atoms with van der Waals surface area (Å²) in [5.74, 6) is -0.525. The minimum Gasteiger partial charge on any atom is -0.460 e. The molecule has 0 amide bonds. The molecule has 0 aliphatic heterocycles. The van der Waals surface area contributed by atoms with Gasteiger partial charge in [-0.15, -0.1) is 5.10 Å². The molecular formula is C21H18N4O3. The molecule has 2 heterocycles. The highest BCUT2D eigenvalue weighted by Crippen LogP contribution is 2.18. The van der Waals surface area contributed by atoms with Gasteiger partial charge in [0.2, 0.25) is 11.6 Å². The molecule has 4 aromatic rings. The highest BCUT2D eigenvalue weighted by molar-refractivity contribution is 5.86. The van der Waals surface area contributed by atoms with Gasteiger partial charge in [-0.25, -0.2) is 14.2 Å². The molecule has 0 unspecified atom stereocenters. The molecule has 2 aromatic heterocycles. The average molecular weight is 374 g/mol. The van der Waals surface area contributed by atoms with E-state index in [-0.39, 0.29) is 18.2 Å². The van der Waals surface area contributed by atoms with Crippen LogP contribution in [0.15, 0.2) is 65.5 Å². The monoisotopic (exact) mass is 374 g/mol. The second-order valence-electron chi connectivity index (χ2n) is 6.27. The number of hydrogen-bond acceptors (Lipinski definition) is 5. The van der Waals surface area contributed by atoms with Crippen LogP contribution in [0.3, 0.4) is 0 Å². The van der Waals surface area contributed by atoms with Gasteiger partial charge in [0.05, 0.1) is 18.0 Å². The number of esters is 1. The number of aromatic nitrogens is 4. The Balaban J connectivity index is 2.01. The first-order valence-corrected chi connectivity index (χ1v) is 8.91. The molecule has 0 bridgehead atoms. The summed E-state index contributed by atoms with van der Waals surface area (Å²) in [5, 5.41) is 4.35. The standard InChI is InChI=1S/C21H18N4O3/c1-3-28-20(27)19-23-25(16-11-9-14(2)10-12-16)21-22-17(13-18(26)24(19)21)15-7-5-4-6-8-15/h4-13H,3H2,1-2H3. The zero-order chi connectivity index (χ0) is 19.7. The SMILES string of the molecule is CCOC(=O)c1nn(-c2ccc(C)cc2)c2nc(-c3ccccc3)cc(=O)n12. The summed E-state index contributed by atoms with van der Waals surface area (Å²) >= 11 is 0. The number of benzene rings is 2. The second-order valence-corrected chi connectivity index (χ2v) is 6.27. The quantitative estimate of drug-likeness (QED) is 0.513. The average Bonchev–Trinajstić information content (AvgIpc) is 3.10. The van der Waals surface area contributed by atoms with Gasteiger partial charge in [-0.05, 0) is 26.0 Å². The molecule has 0 N–H and O–H groups in total. The Labute approximate surface area is 160 Å². The van der Waals surface area contributed by atoms with Crippen molar-refractivity contribution in [1.29, 1.82) is 0 Å². The summed E-state index contributed by atoms with van der Waals surface area (Å²) in [6.07, 6.45) is 0. The molecule has 7 heteroatoms. The molecular weight excluding hydrogens is 356 g/mol. The van der Waals surface area contributed by atoms with E-state index in [4.69, 9.17) is 4.74 Å². The van der Waals surface area contributed by atoms with E-state index in [0.717, 1.165) is 11.1 Å². The lowest BCUT2D eigenvalue weighted by atomic mass is 10.1. The predicted molar refractivity (Wildman–Crippen MR) is 105 cm³/mol. The van der Waals surface area contributed by atoms with Gasteiger partial charge in [0.15, 0.2) is 0 Å². The Kier molecular flexibility index (Phi) is 4.49. The van der Waals surface area contributed by atoms with Gasteiger partial charge in [0.1, 0.15) is 0 Å². The Bertz CT molecular complexity index is 1210.